The zero-order chi connectivity index (χ0) is 22.8. The van der Waals surface area contributed by atoms with Crippen LogP contribution in [-0.2, 0) is 22.7 Å². The largest absolute Gasteiger partial charge is 0.497 e. The molecule has 0 bridgehead atoms. The molecular formula is C21H25N5O3S3. The molecule has 0 saturated heterocycles. The Morgan fingerprint density at radius 1 is 1.16 bits per heavy atom. The molecule has 11 heteroatoms. The number of benzene rings is 1. The number of ether oxygens (including phenoxy) is 1. The molecule has 2 heterocycles. The van der Waals surface area contributed by atoms with Crippen LogP contribution in [0, 0.1) is 0 Å². The molecule has 32 heavy (non-hydrogen) atoms. The lowest BCUT2D eigenvalue weighted by atomic mass is 10.2. The summed E-state index contributed by atoms with van der Waals surface area (Å²) in [5.74, 6) is 0.750. The predicted molar refractivity (Wildman–Crippen MR) is 129 cm³/mol. The van der Waals surface area contributed by atoms with Crippen molar-refractivity contribution in [3.05, 3.63) is 52.2 Å². The van der Waals surface area contributed by atoms with Gasteiger partial charge in [0.05, 0.1) is 26.0 Å². The molecule has 0 unspecified atom stereocenters. The predicted octanol–water partition coefficient (Wildman–Crippen LogP) is 3.48. The van der Waals surface area contributed by atoms with Crippen LogP contribution in [-0.4, -0.2) is 52.9 Å². The number of aromatic nitrogens is 2. The Bertz CT molecular complexity index is 993. The van der Waals surface area contributed by atoms with Crippen LogP contribution in [0.3, 0.4) is 0 Å². The molecule has 0 fully saturated rings. The average molecular weight is 492 g/mol. The van der Waals surface area contributed by atoms with Crippen LogP contribution in [0.2, 0.25) is 0 Å². The van der Waals surface area contributed by atoms with E-state index in [9.17, 15) is 9.59 Å². The van der Waals surface area contributed by atoms with Gasteiger partial charge in [-0.25, -0.2) is 0 Å². The second-order valence-corrected chi connectivity index (χ2v) is 9.86. The molecule has 2 N–H and O–H groups in total. The summed E-state index contributed by atoms with van der Waals surface area (Å²) in [7, 11) is 1.64. The summed E-state index contributed by atoms with van der Waals surface area (Å²) in [6, 6.07) is 11.7. The SMILES string of the molecule is CCN(CC(=O)NCc1cccs1)C(=O)CSc1nnc(NCc2ccc(OC)cc2)s1. The van der Waals surface area contributed by atoms with E-state index >= 15 is 0 Å². The first-order valence-corrected chi connectivity index (χ1v) is 12.7. The van der Waals surface area contributed by atoms with Gasteiger partial charge in [-0.05, 0) is 36.1 Å². The summed E-state index contributed by atoms with van der Waals surface area (Å²) in [4.78, 5) is 27.3. The van der Waals surface area contributed by atoms with Gasteiger partial charge in [-0.1, -0.05) is 41.3 Å². The first-order valence-electron chi connectivity index (χ1n) is 9.97. The van der Waals surface area contributed by atoms with Crippen molar-refractivity contribution in [2.24, 2.45) is 0 Å². The maximum atomic E-state index is 12.5. The van der Waals surface area contributed by atoms with Gasteiger partial charge in [-0.15, -0.1) is 21.5 Å². The first-order chi connectivity index (χ1) is 15.6. The topological polar surface area (TPSA) is 96.5 Å². The van der Waals surface area contributed by atoms with E-state index in [4.69, 9.17) is 4.74 Å². The highest BCUT2D eigenvalue weighted by Gasteiger charge is 2.17. The molecule has 170 valence electrons. The summed E-state index contributed by atoms with van der Waals surface area (Å²) in [5, 5.41) is 17.0. The fourth-order valence-electron chi connectivity index (χ4n) is 2.68. The third-order valence-corrected chi connectivity index (χ3v) is 7.31. The van der Waals surface area contributed by atoms with Crippen LogP contribution in [0.15, 0.2) is 46.1 Å². The van der Waals surface area contributed by atoms with Crippen molar-refractivity contribution in [1.82, 2.24) is 20.4 Å². The number of thioether (sulfide) groups is 1. The zero-order valence-electron chi connectivity index (χ0n) is 17.9. The van der Waals surface area contributed by atoms with Gasteiger partial charge in [-0.3, -0.25) is 9.59 Å². The number of hydrogen-bond acceptors (Lipinski definition) is 9. The summed E-state index contributed by atoms with van der Waals surface area (Å²) < 4.78 is 5.86. The van der Waals surface area contributed by atoms with Gasteiger partial charge in [0.15, 0.2) is 4.34 Å². The number of nitrogens with one attached hydrogen (secondary N) is 2. The number of rotatable bonds is 12. The number of carbonyl (C=O) groups is 2. The molecule has 3 aromatic rings. The lowest BCUT2D eigenvalue weighted by molar-refractivity contribution is -0.133. The quantitative estimate of drug-likeness (QED) is 0.375. The fourth-order valence-corrected chi connectivity index (χ4v) is 4.97. The number of likely N-dealkylation sites (N-methyl/N-ethyl adjacent to an activating group) is 1. The van der Waals surface area contributed by atoms with E-state index in [1.807, 2.05) is 48.7 Å². The maximum absolute atomic E-state index is 12.5. The highest BCUT2D eigenvalue weighted by atomic mass is 32.2. The summed E-state index contributed by atoms with van der Waals surface area (Å²) in [6.07, 6.45) is 0. The Balaban J connectivity index is 1.41. The van der Waals surface area contributed by atoms with Crippen molar-refractivity contribution >= 4 is 51.4 Å². The number of methoxy groups -OCH3 is 1. The second-order valence-electron chi connectivity index (χ2n) is 6.63. The van der Waals surface area contributed by atoms with Gasteiger partial charge in [0.2, 0.25) is 16.9 Å². The van der Waals surface area contributed by atoms with Crippen LogP contribution >= 0.6 is 34.4 Å². The molecular weight excluding hydrogens is 466 g/mol. The fraction of sp³-hybridized carbons (Fsp3) is 0.333. The van der Waals surface area contributed by atoms with E-state index in [-0.39, 0.29) is 24.1 Å². The molecule has 0 radical (unpaired) electrons. The molecule has 1 aromatic carbocycles. The third kappa shape index (κ3) is 7.50. The summed E-state index contributed by atoms with van der Waals surface area (Å²) in [6.45, 7) is 3.48. The minimum atomic E-state index is -0.167. The minimum Gasteiger partial charge on any atom is -0.497 e. The Morgan fingerprint density at radius 2 is 1.97 bits per heavy atom. The Morgan fingerprint density at radius 3 is 2.66 bits per heavy atom. The van der Waals surface area contributed by atoms with E-state index < -0.39 is 0 Å². The highest BCUT2D eigenvalue weighted by Crippen LogP contribution is 2.26. The summed E-state index contributed by atoms with van der Waals surface area (Å²) >= 11 is 4.31. The number of nitrogens with zero attached hydrogens (tertiary/aromatic N) is 3. The third-order valence-electron chi connectivity index (χ3n) is 4.44. The Hall–Kier alpha value is -2.63. The number of carbonyl (C=O) groups excluding carboxylic acids is 2. The van der Waals surface area contributed by atoms with E-state index in [2.05, 4.69) is 20.8 Å². The lowest BCUT2D eigenvalue weighted by Gasteiger charge is -2.19. The monoisotopic (exact) mass is 491 g/mol. The maximum Gasteiger partial charge on any atom is 0.239 e. The van der Waals surface area contributed by atoms with Gasteiger partial charge in [-0.2, -0.15) is 0 Å². The molecule has 0 atom stereocenters. The molecule has 0 spiro atoms. The van der Waals surface area contributed by atoms with Crippen molar-refractivity contribution < 1.29 is 14.3 Å². The van der Waals surface area contributed by atoms with Gasteiger partial charge in [0, 0.05) is 18.0 Å². The standard InChI is InChI=1S/C21H25N5O3S3/c1-3-26(13-18(27)22-12-17-5-4-10-30-17)19(28)14-31-21-25-24-20(32-21)23-11-15-6-8-16(29-2)9-7-15/h4-10H,3,11-14H2,1-2H3,(H,22,27)(H,23,24). The Kier molecular flexibility index (Phi) is 9.32. The van der Waals surface area contributed by atoms with E-state index in [0.717, 1.165) is 16.2 Å². The van der Waals surface area contributed by atoms with Gasteiger partial charge < -0.3 is 20.3 Å². The molecule has 0 saturated carbocycles. The minimum absolute atomic E-state index is 0.0477. The van der Waals surface area contributed by atoms with Gasteiger partial charge in [0.1, 0.15) is 5.75 Å². The molecule has 0 aliphatic carbocycles. The van der Waals surface area contributed by atoms with Crippen molar-refractivity contribution in [3.8, 4) is 5.75 Å². The Labute approximate surface area is 199 Å². The van der Waals surface area contributed by atoms with E-state index in [0.29, 0.717) is 29.1 Å². The van der Waals surface area contributed by atoms with Crippen molar-refractivity contribution in [2.75, 3.05) is 31.3 Å². The van der Waals surface area contributed by atoms with Crippen LogP contribution in [0.5, 0.6) is 5.75 Å². The number of anilines is 1. The lowest BCUT2D eigenvalue weighted by Crippen LogP contribution is -2.41. The number of thiophene rings is 1. The van der Waals surface area contributed by atoms with Crippen LogP contribution in [0.1, 0.15) is 17.4 Å². The van der Waals surface area contributed by atoms with Crippen LogP contribution in [0.4, 0.5) is 5.13 Å². The van der Waals surface area contributed by atoms with E-state index in [1.165, 1.54) is 23.1 Å². The number of hydrogen-bond donors (Lipinski definition) is 2. The van der Waals surface area contributed by atoms with Crippen molar-refractivity contribution in [3.63, 3.8) is 0 Å². The molecule has 8 nitrogen and oxygen atoms in total. The highest BCUT2D eigenvalue weighted by molar-refractivity contribution is 8.01. The van der Waals surface area contributed by atoms with Crippen molar-refractivity contribution in [2.45, 2.75) is 24.4 Å². The zero-order valence-corrected chi connectivity index (χ0v) is 20.3. The molecule has 0 aliphatic rings. The molecule has 2 amide bonds. The second kappa shape index (κ2) is 12.4. The van der Waals surface area contributed by atoms with Crippen LogP contribution < -0.4 is 15.4 Å². The van der Waals surface area contributed by atoms with Crippen LogP contribution in [0.25, 0.3) is 0 Å². The van der Waals surface area contributed by atoms with Crippen molar-refractivity contribution in [1.29, 1.82) is 0 Å². The number of amides is 2. The molecule has 0 aliphatic heterocycles. The average Bonchev–Trinajstić information content (AvgIpc) is 3.50. The molecule has 2 aromatic heterocycles. The van der Waals surface area contributed by atoms with Gasteiger partial charge in [0.25, 0.3) is 0 Å². The van der Waals surface area contributed by atoms with E-state index in [1.54, 1.807) is 23.3 Å². The summed E-state index contributed by atoms with van der Waals surface area (Å²) in [5.41, 5.74) is 1.10. The smallest absolute Gasteiger partial charge is 0.239 e. The molecule has 3 rings (SSSR count). The normalized spacial score (nSPS) is 10.6. The van der Waals surface area contributed by atoms with Gasteiger partial charge >= 0.3 is 0 Å². The first kappa shape index (κ1) is 24.0.